The Labute approximate surface area is 103 Å². The van der Waals surface area contributed by atoms with E-state index in [1.165, 1.54) is 11.3 Å². The van der Waals surface area contributed by atoms with E-state index in [1.54, 1.807) is 13.8 Å². The molecule has 6 nitrogen and oxygen atoms in total. The molecule has 0 aliphatic carbocycles. The molecule has 2 amide bonds. The Hall–Kier alpha value is -1.63. The Balaban J connectivity index is 2.43. The van der Waals surface area contributed by atoms with E-state index in [4.69, 9.17) is 5.11 Å². The number of carboxylic acid groups (broad SMARTS) is 1. The number of aryl methyl sites for hydroxylation is 1. The zero-order valence-electron chi connectivity index (χ0n) is 9.90. The van der Waals surface area contributed by atoms with Gasteiger partial charge in [0.05, 0.1) is 11.1 Å². The molecule has 1 heterocycles. The monoisotopic (exact) mass is 257 g/mol. The van der Waals surface area contributed by atoms with Gasteiger partial charge >= 0.3 is 12.0 Å². The molecule has 0 spiro atoms. The van der Waals surface area contributed by atoms with Crippen LogP contribution in [0.25, 0.3) is 0 Å². The molecule has 0 saturated carbocycles. The quantitative estimate of drug-likeness (QED) is 0.765. The Bertz CT molecular complexity index is 428. The van der Waals surface area contributed by atoms with Crippen LogP contribution < -0.4 is 10.6 Å². The van der Waals surface area contributed by atoms with Crippen LogP contribution in [0.15, 0.2) is 5.38 Å². The molecule has 3 N–H and O–H groups in total. The first-order chi connectivity index (χ1) is 7.81. The van der Waals surface area contributed by atoms with Crippen molar-refractivity contribution in [2.75, 3.05) is 11.9 Å². The third kappa shape index (κ3) is 4.03. The number of urea groups is 1. The van der Waals surface area contributed by atoms with Crippen molar-refractivity contribution in [3.63, 3.8) is 0 Å². The van der Waals surface area contributed by atoms with Crippen LogP contribution >= 0.6 is 11.3 Å². The Morgan fingerprint density at radius 2 is 2.18 bits per heavy atom. The Morgan fingerprint density at radius 1 is 1.53 bits per heavy atom. The van der Waals surface area contributed by atoms with Crippen molar-refractivity contribution in [2.24, 2.45) is 5.41 Å². The van der Waals surface area contributed by atoms with E-state index >= 15 is 0 Å². The summed E-state index contributed by atoms with van der Waals surface area (Å²) in [6.07, 6.45) is 0. The molecule has 0 saturated heterocycles. The van der Waals surface area contributed by atoms with Crippen molar-refractivity contribution in [3.05, 3.63) is 11.1 Å². The lowest BCUT2D eigenvalue weighted by atomic mass is 9.94. The normalized spacial score (nSPS) is 11.0. The summed E-state index contributed by atoms with van der Waals surface area (Å²) in [4.78, 5) is 26.3. The number of aromatic nitrogens is 1. The number of nitrogens with one attached hydrogen (secondary N) is 2. The first-order valence-corrected chi connectivity index (χ1v) is 5.89. The van der Waals surface area contributed by atoms with Gasteiger partial charge in [-0.1, -0.05) is 0 Å². The average molecular weight is 257 g/mol. The Morgan fingerprint density at radius 3 is 2.65 bits per heavy atom. The number of aliphatic carboxylic acids is 1. The van der Waals surface area contributed by atoms with Gasteiger partial charge in [-0.15, -0.1) is 11.3 Å². The van der Waals surface area contributed by atoms with Crippen LogP contribution in [0, 0.1) is 12.3 Å². The molecule has 0 fully saturated rings. The van der Waals surface area contributed by atoms with E-state index in [0.717, 1.165) is 5.69 Å². The third-order valence-corrected chi connectivity index (χ3v) is 2.98. The molecule has 0 bridgehead atoms. The summed E-state index contributed by atoms with van der Waals surface area (Å²) < 4.78 is 0. The van der Waals surface area contributed by atoms with Gasteiger partial charge in [0, 0.05) is 11.9 Å². The zero-order valence-corrected chi connectivity index (χ0v) is 10.7. The predicted molar refractivity (Wildman–Crippen MR) is 65.3 cm³/mol. The van der Waals surface area contributed by atoms with Crippen molar-refractivity contribution >= 4 is 28.5 Å². The number of anilines is 1. The standard InChI is InChI=1S/C10H15N3O3S/c1-6-4-17-9(12-6)13-8(16)11-5-10(2,3)7(14)15/h4H,5H2,1-3H3,(H,14,15)(H2,11,12,13,16). The lowest BCUT2D eigenvalue weighted by Gasteiger charge is -2.19. The molecule has 0 radical (unpaired) electrons. The van der Waals surface area contributed by atoms with Gasteiger partial charge < -0.3 is 10.4 Å². The van der Waals surface area contributed by atoms with Crippen LogP contribution in [0.2, 0.25) is 0 Å². The molecule has 1 rings (SSSR count). The van der Waals surface area contributed by atoms with Crippen molar-refractivity contribution in [3.8, 4) is 0 Å². The number of carboxylic acids is 1. The number of thiazole rings is 1. The van der Waals surface area contributed by atoms with Crippen LogP contribution in [0.3, 0.4) is 0 Å². The van der Waals surface area contributed by atoms with Crippen LogP contribution in [0.4, 0.5) is 9.93 Å². The molecule has 0 atom stereocenters. The second-order valence-corrected chi connectivity index (χ2v) is 5.15. The predicted octanol–water partition coefficient (Wildman–Crippen LogP) is 1.68. The topological polar surface area (TPSA) is 91.3 Å². The molecule has 17 heavy (non-hydrogen) atoms. The number of nitrogens with zero attached hydrogens (tertiary/aromatic N) is 1. The smallest absolute Gasteiger partial charge is 0.321 e. The van der Waals surface area contributed by atoms with Gasteiger partial charge in [-0.2, -0.15) is 0 Å². The van der Waals surface area contributed by atoms with E-state index in [9.17, 15) is 9.59 Å². The highest BCUT2D eigenvalue weighted by Gasteiger charge is 2.27. The minimum absolute atomic E-state index is 0.0541. The largest absolute Gasteiger partial charge is 0.481 e. The number of hydrogen-bond donors (Lipinski definition) is 3. The van der Waals surface area contributed by atoms with Gasteiger partial charge in [0.2, 0.25) is 0 Å². The van der Waals surface area contributed by atoms with E-state index in [0.29, 0.717) is 5.13 Å². The van der Waals surface area contributed by atoms with E-state index in [-0.39, 0.29) is 6.54 Å². The van der Waals surface area contributed by atoms with Gasteiger partial charge in [-0.3, -0.25) is 10.1 Å². The second-order valence-electron chi connectivity index (χ2n) is 4.29. The maximum atomic E-state index is 11.4. The van der Waals surface area contributed by atoms with Gasteiger partial charge in [-0.05, 0) is 20.8 Å². The number of carbonyl (C=O) groups is 2. The first-order valence-electron chi connectivity index (χ1n) is 5.01. The minimum atomic E-state index is -0.990. The van der Waals surface area contributed by atoms with Crippen molar-refractivity contribution in [2.45, 2.75) is 20.8 Å². The van der Waals surface area contributed by atoms with Crippen molar-refractivity contribution in [1.82, 2.24) is 10.3 Å². The summed E-state index contributed by atoms with van der Waals surface area (Å²) in [5.41, 5.74) is -0.160. The fourth-order valence-electron chi connectivity index (χ4n) is 0.930. The minimum Gasteiger partial charge on any atom is -0.481 e. The summed E-state index contributed by atoms with van der Waals surface area (Å²) in [7, 11) is 0. The molecule has 0 unspecified atom stereocenters. The Kier molecular flexibility index (Phi) is 4.06. The molecule has 1 aromatic rings. The van der Waals surface area contributed by atoms with Crippen LogP contribution in [0.1, 0.15) is 19.5 Å². The molecule has 94 valence electrons. The van der Waals surface area contributed by atoms with Crippen LogP contribution in [-0.4, -0.2) is 28.6 Å². The van der Waals surface area contributed by atoms with Crippen LogP contribution in [-0.2, 0) is 4.79 Å². The van der Waals surface area contributed by atoms with Crippen LogP contribution in [0.5, 0.6) is 0 Å². The summed E-state index contributed by atoms with van der Waals surface area (Å²) in [5.74, 6) is -0.956. The molecule has 0 aliphatic heterocycles. The van der Waals surface area contributed by atoms with Crippen molar-refractivity contribution in [1.29, 1.82) is 0 Å². The average Bonchev–Trinajstić information content (AvgIpc) is 2.61. The van der Waals surface area contributed by atoms with E-state index in [2.05, 4.69) is 15.6 Å². The summed E-state index contributed by atoms with van der Waals surface area (Å²) in [6.45, 7) is 4.97. The summed E-state index contributed by atoms with van der Waals surface area (Å²) in [5, 5.41) is 16.2. The fourth-order valence-corrected chi connectivity index (χ4v) is 1.61. The van der Waals surface area contributed by atoms with E-state index < -0.39 is 17.4 Å². The molecule has 0 aromatic carbocycles. The third-order valence-electron chi connectivity index (χ3n) is 2.11. The van der Waals surface area contributed by atoms with Gasteiger partial charge in [0.25, 0.3) is 0 Å². The second kappa shape index (κ2) is 5.13. The molecular weight excluding hydrogens is 242 g/mol. The number of hydrogen-bond acceptors (Lipinski definition) is 4. The zero-order chi connectivity index (χ0) is 13.1. The van der Waals surface area contributed by atoms with Gasteiger partial charge in [-0.25, -0.2) is 9.78 Å². The lowest BCUT2D eigenvalue weighted by molar-refractivity contribution is -0.146. The summed E-state index contributed by atoms with van der Waals surface area (Å²) in [6, 6.07) is -0.450. The molecule has 1 aromatic heterocycles. The number of rotatable bonds is 4. The van der Waals surface area contributed by atoms with E-state index in [1.807, 2.05) is 12.3 Å². The molecule has 7 heteroatoms. The number of carbonyl (C=O) groups excluding carboxylic acids is 1. The lowest BCUT2D eigenvalue weighted by Crippen LogP contribution is -2.40. The van der Waals surface area contributed by atoms with Gasteiger partial charge in [0.15, 0.2) is 5.13 Å². The fraction of sp³-hybridized carbons (Fsp3) is 0.500. The summed E-state index contributed by atoms with van der Waals surface area (Å²) >= 11 is 1.32. The highest BCUT2D eigenvalue weighted by Crippen LogP contribution is 2.15. The highest BCUT2D eigenvalue weighted by atomic mass is 32.1. The molecule has 0 aliphatic rings. The maximum Gasteiger partial charge on any atom is 0.321 e. The number of amides is 2. The van der Waals surface area contributed by atoms with Gasteiger partial charge in [0.1, 0.15) is 0 Å². The highest BCUT2D eigenvalue weighted by molar-refractivity contribution is 7.13. The maximum absolute atomic E-state index is 11.4. The SMILES string of the molecule is Cc1csc(NC(=O)NCC(C)(C)C(=O)O)n1. The van der Waals surface area contributed by atoms with Crippen molar-refractivity contribution < 1.29 is 14.7 Å². The molecular formula is C10H15N3O3S. The first kappa shape index (κ1) is 13.4.